The number of benzene rings is 2. The Morgan fingerprint density at radius 2 is 1.93 bits per heavy atom. The summed E-state index contributed by atoms with van der Waals surface area (Å²) in [5.74, 6) is 0.290. The van der Waals surface area contributed by atoms with E-state index in [4.69, 9.17) is 4.98 Å². The third kappa shape index (κ3) is 4.41. The van der Waals surface area contributed by atoms with Crippen molar-refractivity contribution in [2.24, 2.45) is 0 Å². The topological polar surface area (TPSA) is 55.2 Å². The highest BCUT2D eigenvalue weighted by atomic mass is 127. The van der Waals surface area contributed by atoms with E-state index < -0.39 is 0 Å². The van der Waals surface area contributed by atoms with E-state index in [-0.39, 0.29) is 17.2 Å². The van der Waals surface area contributed by atoms with Gasteiger partial charge in [0.1, 0.15) is 0 Å². The van der Waals surface area contributed by atoms with E-state index in [1.54, 1.807) is 9.47 Å². The van der Waals surface area contributed by atoms with Gasteiger partial charge in [0, 0.05) is 16.7 Å². The molecular weight excluding hydrogens is 485 g/mol. The van der Waals surface area contributed by atoms with Crippen molar-refractivity contribution in [2.75, 3.05) is 18.8 Å². The molecule has 0 aliphatic carbocycles. The second-order valence-electron chi connectivity index (χ2n) is 6.39. The first-order valence-electron chi connectivity index (χ1n) is 9.14. The van der Waals surface area contributed by atoms with E-state index in [0.29, 0.717) is 29.1 Å². The molecule has 0 atom stereocenters. The van der Waals surface area contributed by atoms with Crippen molar-refractivity contribution in [2.45, 2.75) is 25.9 Å². The lowest BCUT2D eigenvalue weighted by Gasteiger charge is -2.19. The van der Waals surface area contributed by atoms with Gasteiger partial charge in [-0.2, -0.15) is 0 Å². The van der Waals surface area contributed by atoms with Crippen molar-refractivity contribution >= 4 is 51.2 Å². The average Bonchev–Trinajstić information content (AvgIpc) is 2.68. The Morgan fingerprint density at radius 1 is 1.18 bits per heavy atom. The van der Waals surface area contributed by atoms with E-state index >= 15 is 0 Å². The molecule has 0 radical (unpaired) electrons. The van der Waals surface area contributed by atoms with Crippen LogP contribution in [-0.4, -0.2) is 39.2 Å². The highest BCUT2D eigenvalue weighted by Crippen LogP contribution is 2.23. The largest absolute Gasteiger partial charge is 0.343 e. The number of carbonyl (C=O) groups is 1. The molecule has 5 nitrogen and oxygen atoms in total. The molecule has 0 fully saturated rings. The first kappa shape index (κ1) is 20.9. The molecule has 0 aliphatic rings. The molecule has 0 N–H and O–H groups in total. The van der Waals surface area contributed by atoms with E-state index in [2.05, 4.69) is 22.6 Å². The molecule has 28 heavy (non-hydrogen) atoms. The zero-order valence-electron chi connectivity index (χ0n) is 16.1. The van der Waals surface area contributed by atoms with Gasteiger partial charge in [0.25, 0.3) is 5.56 Å². The number of hydrogen-bond acceptors (Lipinski definition) is 4. The van der Waals surface area contributed by atoms with Crippen LogP contribution in [0.3, 0.4) is 0 Å². The number of carbonyl (C=O) groups excluding carboxylic acids is 1. The molecule has 2 aromatic carbocycles. The fourth-order valence-corrected chi connectivity index (χ4v) is 4.43. The monoisotopic (exact) mass is 507 g/mol. The quantitative estimate of drug-likeness (QED) is 0.284. The second kappa shape index (κ2) is 9.09. The molecule has 1 amide bonds. The summed E-state index contributed by atoms with van der Waals surface area (Å²) < 4.78 is 2.60. The zero-order chi connectivity index (χ0) is 20.3. The third-order valence-electron chi connectivity index (χ3n) is 4.50. The maximum atomic E-state index is 13.3. The molecule has 0 aliphatic heterocycles. The lowest BCUT2D eigenvalue weighted by molar-refractivity contribution is -0.127. The highest BCUT2D eigenvalue weighted by molar-refractivity contribution is 14.1. The number of halogens is 1. The molecule has 1 aromatic heterocycles. The van der Waals surface area contributed by atoms with Crippen LogP contribution in [0.25, 0.3) is 16.6 Å². The van der Waals surface area contributed by atoms with Crippen LogP contribution in [0.5, 0.6) is 0 Å². The van der Waals surface area contributed by atoms with E-state index in [0.717, 1.165) is 14.8 Å². The first-order chi connectivity index (χ1) is 13.4. The second-order valence-corrected chi connectivity index (χ2v) is 8.58. The van der Waals surface area contributed by atoms with Gasteiger partial charge in [-0.05, 0) is 79.3 Å². The van der Waals surface area contributed by atoms with Crippen molar-refractivity contribution in [1.29, 1.82) is 0 Å². The Kier molecular flexibility index (Phi) is 6.77. The van der Waals surface area contributed by atoms with Crippen molar-refractivity contribution in [3.8, 4) is 5.69 Å². The van der Waals surface area contributed by atoms with Gasteiger partial charge < -0.3 is 4.90 Å². The van der Waals surface area contributed by atoms with Crippen LogP contribution < -0.4 is 5.56 Å². The number of nitrogens with zero attached hydrogens (tertiary/aromatic N) is 3. The fraction of sp³-hybridized carbons (Fsp3) is 0.286. The number of amides is 1. The zero-order valence-corrected chi connectivity index (χ0v) is 19.1. The Hall–Kier alpha value is -1.87. The summed E-state index contributed by atoms with van der Waals surface area (Å²) in [5, 5.41) is 1.11. The third-order valence-corrected chi connectivity index (χ3v) is 6.09. The van der Waals surface area contributed by atoms with Gasteiger partial charge in [-0.1, -0.05) is 23.9 Å². The molecule has 0 saturated carbocycles. The van der Waals surface area contributed by atoms with E-state index in [1.165, 1.54) is 11.8 Å². The molecule has 146 valence electrons. The van der Waals surface area contributed by atoms with Crippen LogP contribution in [0.2, 0.25) is 0 Å². The van der Waals surface area contributed by atoms with Gasteiger partial charge in [-0.15, -0.1) is 0 Å². The van der Waals surface area contributed by atoms with Gasteiger partial charge in [0.2, 0.25) is 5.91 Å². The number of aromatic nitrogens is 2. The summed E-state index contributed by atoms with van der Waals surface area (Å²) in [7, 11) is 0. The van der Waals surface area contributed by atoms with Crippen LogP contribution in [0.15, 0.2) is 52.4 Å². The first-order valence-corrected chi connectivity index (χ1v) is 11.2. The maximum absolute atomic E-state index is 13.3. The maximum Gasteiger partial charge on any atom is 0.266 e. The minimum absolute atomic E-state index is 0.0442. The summed E-state index contributed by atoms with van der Waals surface area (Å²) >= 11 is 3.50. The minimum atomic E-state index is -0.119. The van der Waals surface area contributed by atoms with Gasteiger partial charge >= 0.3 is 0 Å². The molecule has 7 heteroatoms. The van der Waals surface area contributed by atoms with Crippen molar-refractivity contribution < 1.29 is 4.79 Å². The van der Waals surface area contributed by atoms with Gasteiger partial charge in [-0.25, -0.2) is 4.98 Å². The standard InChI is InChI=1S/C21H22IN3O2S/c1-4-24(5-2)19(26)13-28-21-23-18-10-9-15(22)12-17(18)20(27)25(21)16-8-6-7-14(3)11-16/h6-12H,4-5,13H2,1-3H3. The molecule has 0 saturated heterocycles. The number of fused-ring (bicyclic) bond motifs is 1. The Balaban J connectivity index is 2.12. The summed E-state index contributed by atoms with van der Waals surface area (Å²) in [5.41, 5.74) is 2.34. The van der Waals surface area contributed by atoms with Crippen LogP contribution in [-0.2, 0) is 4.79 Å². The molecule has 3 aromatic rings. The lowest BCUT2D eigenvalue weighted by atomic mass is 10.2. The number of rotatable bonds is 6. The van der Waals surface area contributed by atoms with Gasteiger partial charge in [0.15, 0.2) is 5.16 Å². The smallest absolute Gasteiger partial charge is 0.266 e. The molecule has 3 rings (SSSR count). The molecule has 0 spiro atoms. The van der Waals surface area contributed by atoms with Gasteiger partial charge in [-0.3, -0.25) is 14.2 Å². The SMILES string of the molecule is CCN(CC)C(=O)CSc1nc2ccc(I)cc2c(=O)n1-c1cccc(C)c1. The number of aryl methyl sites for hydroxylation is 1. The Labute approximate surface area is 182 Å². The van der Waals surface area contributed by atoms with Crippen LogP contribution in [0.1, 0.15) is 19.4 Å². The lowest BCUT2D eigenvalue weighted by Crippen LogP contribution is -2.32. The predicted molar refractivity (Wildman–Crippen MR) is 123 cm³/mol. The summed E-state index contributed by atoms with van der Waals surface area (Å²) in [6.07, 6.45) is 0. The molecule has 0 bridgehead atoms. The normalized spacial score (nSPS) is 11.0. The van der Waals surface area contributed by atoms with Crippen LogP contribution in [0.4, 0.5) is 0 Å². The van der Waals surface area contributed by atoms with Crippen molar-refractivity contribution in [3.63, 3.8) is 0 Å². The Morgan fingerprint density at radius 3 is 2.61 bits per heavy atom. The van der Waals surface area contributed by atoms with E-state index in [1.807, 2.05) is 63.2 Å². The number of thioether (sulfide) groups is 1. The molecule has 0 unspecified atom stereocenters. The summed E-state index contributed by atoms with van der Waals surface area (Å²) in [6.45, 7) is 7.26. The number of hydrogen-bond donors (Lipinski definition) is 0. The molecule has 1 heterocycles. The van der Waals surface area contributed by atoms with Crippen LogP contribution >= 0.6 is 34.4 Å². The highest BCUT2D eigenvalue weighted by Gasteiger charge is 2.17. The van der Waals surface area contributed by atoms with Gasteiger partial charge in [0.05, 0.1) is 22.3 Å². The average molecular weight is 507 g/mol. The fourth-order valence-electron chi connectivity index (χ4n) is 3.02. The predicted octanol–water partition coefficient (Wildman–Crippen LogP) is 4.26. The summed E-state index contributed by atoms with van der Waals surface area (Å²) in [4.78, 5) is 32.3. The van der Waals surface area contributed by atoms with Crippen LogP contribution in [0, 0.1) is 10.5 Å². The van der Waals surface area contributed by atoms with Crippen molar-refractivity contribution in [3.05, 3.63) is 62.0 Å². The summed E-state index contributed by atoms with van der Waals surface area (Å²) in [6, 6.07) is 13.4. The van der Waals surface area contributed by atoms with Crippen molar-refractivity contribution in [1.82, 2.24) is 14.5 Å². The van der Waals surface area contributed by atoms with E-state index in [9.17, 15) is 9.59 Å². The minimum Gasteiger partial charge on any atom is -0.343 e. The molecular formula is C21H22IN3O2S. The Bertz CT molecular complexity index is 1080.